The molecule has 5 atom stereocenters. The normalized spacial score (nSPS) is 14.8. The molecule has 0 bridgehead atoms. The van der Waals surface area contributed by atoms with Gasteiger partial charge in [0.25, 0.3) is 0 Å². The molecule has 0 heterocycles. The van der Waals surface area contributed by atoms with Crippen molar-refractivity contribution in [1.29, 1.82) is 0 Å². The van der Waals surface area contributed by atoms with Crippen LogP contribution in [0.3, 0.4) is 0 Å². The Morgan fingerprint density at radius 2 is 1.35 bits per heavy atom. The van der Waals surface area contributed by atoms with Gasteiger partial charge in [-0.05, 0) is 23.6 Å². The molecule has 0 aromatic heterocycles. The SMILES string of the molecule is CCC(C)C(NC(=O)C(CC(N)=O)NC(=O)C(Cc1ccc(O)cc1)NC(=O)C(N)CC(N)=O)C(=O)O. The Hall–Kier alpha value is -4.20. The van der Waals surface area contributed by atoms with Gasteiger partial charge >= 0.3 is 5.97 Å². The Balaban J connectivity index is 3.18. The van der Waals surface area contributed by atoms with Crippen molar-refractivity contribution >= 4 is 35.5 Å². The van der Waals surface area contributed by atoms with Gasteiger partial charge in [-0.25, -0.2) is 4.79 Å². The van der Waals surface area contributed by atoms with Crippen molar-refractivity contribution in [3.8, 4) is 5.75 Å². The first-order chi connectivity index (χ1) is 17.2. The maximum Gasteiger partial charge on any atom is 0.326 e. The molecule has 5 unspecified atom stereocenters. The Labute approximate surface area is 213 Å². The minimum Gasteiger partial charge on any atom is -0.508 e. The molecule has 1 aromatic carbocycles. The molecule has 1 rings (SSSR count). The van der Waals surface area contributed by atoms with Gasteiger partial charge in [0.05, 0.1) is 18.9 Å². The first kappa shape index (κ1) is 30.8. The summed E-state index contributed by atoms with van der Waals surface area (Å²) in [5, 5.41) is 26.0. The van der Waals surface area contributed by atoms with E-state index >= 15 is 0 Å². The zero-order chi connectivity index (χ0) is 28.3. The van der Waals surface area contributed by atoms with Crippen LogP contribution in [0.1, 0.15) is 38.7 Å². The lowest BCUT2D eigenvalue weighted by Crippen LogP contribution is -2.59. The molecule has 1 aromatic rings. The van der Waals surface area contributed by atoms with Crippen LogP contribution < -0.4 is 33.2 Å². The van der Waals surface area contributed by atoms with E-state index in [0.717, 1.165) is 0 Å². The highest BCUT2D eigenvalue weighted by atomic mass is 16.4. The molecule has 0 fully saturated rings. The van der Waals surface area contributed by atoms with Gasteiger partial charge in [0.15, 0.2) is 0 Å². The third-order valence-electron chi connectivity index (χ3n) is 5.58. The van der Waals surface area contributed by atoms with E-state index in [-0.39, 0.29) is 12.2 Å². The van der Waals surface area contributed by atoms with Crippen LogP contribution in [-0.2, 0) is 35.2 Å². The molecule has 14 nitrogen and oxygen atoms in total. The quantitative estimate of drug-likeness (QED) is 0.122. The van der Waals surface area contributed by atoms with Gasteiger partial charge in [-0.3, -0.25) is 24.0 Å². The second-order valence-electron chi connectivity index (χ2n) is 8.65. The molecule has 0 aliphatic rings. The van der Waals surface area contributed by atoms with Crippen molar-refractivity contribution in [3.05, 3.63) is 29.8 Å². The Bertz CT molecular complexity index is 999. The van der Waals surface area contributed by atoms with E-state index < -0.39 is 78.4 Å². The molecule has 0 aliphatic carbocycles. The number of phenolic OH excluding ortho intramolecular Hbond substituents is 1. The van der Waals surface area contributed by atoms with Gasteiger partial charge in [-0.15, -0.1) is 0 Å². The number of hydrogen-bond donors (Lipinski definition) is 8. The topological polar surface area (TPSA) is 257 Å². The fourth-order valence-electron chi connectivity index (χ4n) is 3.28. The minimum atomic E-state index is -1.55. The smallest absolute Gasteiger partial charge is 0.326 e. The van der Waals surface area contributed by atoms with Crippen LogP contribution in [0, 0.1) is 5.92 Å². The molecule has 204 valence electrons. The lowest BCUT2D eigenvalue weighted by Gasteiger charge is -2.26. The summed E-state index contributed by atoms with van der Waals surface area (Å²) < 4.78 is 0. The van der Waals surface area contributed by atoms with Gasteiger partial charge in [-0.1, -0.05) is 32.4 Å². The molecule has 37 heavy (non-hydrogen) atoms. The van der Waals surface area contributed by atoms with E-state index in [2.05, 4.69) is 16.0 Å². The molecule has 0 saturated heterocycles. The van der Waals surface area contributed by atoms with Gasteiger partial charge in [0.2, 0.25) is 29.5 Å². The minimum absolute atomic E-state index is 0.0373. The van der Waals surface area contributed by atoms with E-state index in [0.29, 0.717) is 12.0 Å². The number of carboxylic acids is 1. The summed E-state index contributed by atoms with van der Waals surface area (Å²) in [7, 11) is 0. The highest BCUT2D eigenvalue weighted by molar-refractivity contribution is 5.96. The maximum absolute atomic E-state index is 13.1. The van der Waals surface area contributed by atoms with Crippen molar-refractivity contribution in [2.24, 2.45) is 23.1 Å². The third-order valence-corrected chi connectivity index (χ3v) is 5.58. The van der Waals surface area contributed by atoms with Crippen molar-refractivity contribution in [2.75, 3.05) is 0 Å². The average Bonchev–Trinajstić information content (AvgIpc) is 2.81. The Morgan fingerprint density at radius 1 is 0.838 bits per heavy atom. The molecule has 0 aliphatic heterocycles. The first-order valence-corrected chi connectivity index (χ1v) is 11.5. The summed E-state index contributed by atoms with van der Waals surface area (Å²) in [4.78, 5) is 72.8. The summed E-state index contributed by atoms with van der Waals surface area (Å²) in [5.41, 5.74) is 16.5. The van der Waals surface area contributed by atoms with Crippen LogP contribution in [0.4, 0.5) is 0 Å². The summed E-state index contributed by atoms with van der Waals surface area (Å²) in [6, 6.07) is 0.154. The number of carboxylic acid groups (broad SMARTS) is 1. The number of aliphatic carboxylic acids is 1. The number of carbonyl (C=O) groups excluding carboxylic acids is 5. The number of benzene rings is 1. The van der Waals surface area contributed by atoms with Crippen LogP contribution in [0.5, 0.6) is 5.75 Å². The van der Waals surface area contributed by atoms with E-state index in [1.807, 2.05) is 0 Å². The average molecular weight is 523 g/mol. The highest BCUT2D eigenvalue weighted by Crippen LogP contribution is 2.12. The van der Waals surface area contributed by atoms with Crippen molar-refractivity contribution in [3.63, 3.8) is 0 Å². The number of aromatic hydroxyl groups is 1. The molecule has 0 radical (unpaired) electrons. The molecule has 0 spiro atoms. The number of amides is 5. The van der Waals surface area contributed by atoms with Crippen LogP contribution in [0.25, 0.3) is 0 Å². The molecule has 0 saturated carbocycles. The van der Waals surface area contributed by atoms with Crippen LogP contribution in [-0.4, -0.2) is 69.9 Å². The number of nitrogens with two attached hydrogens (primary N) is 3. The van der Waals surface area contributed by atoms with E-state index in [9.17, 15) is 39.0 Å². The predicted octanol–water partition coefficient (Wildman–Crippen LogP) is -2.40. The van der Waals surface area contributed by atoms with Crippen LogP contribution in [0.15, 0.2) is 24.3 Å². The monoisotopic (exact) mass is 522 g/mol. The lowest BCUT2D eigenvalue weighted by atomic mass is 9.98. The summed E-state index contributed by atoms with van der Waals surface area (Å²) in [6.07, 6.45) is -0.836. The maximum atomic E-state index is 13.1. The summed E-state index contributed by atoms with van der Waals surface area (Å²) in [5.74, 6) is -6.33. The highest BCUT2D eigenvalue weighted by Gasteiger charge is 2.33. The van der Waals surface area contributed by atoms with Crippen molar-refractivity contribution in [2.45, 2.75) is 63.7 Å². The van der Waals surface area contributed by atoms with Gasteiger partial charge in [0, 0.05) is 6.42 Å². The van der Waals surface area contributed by atoms with E-state index in [1.165, 1.54) is 24.3 Å². The largest absolute Gasteiger partial charge is 0.508 e. The fourth-order valence-corrected chi connectivity index (χ4v) is 3.28. The molecule has 5 amide bonds. The zero-order valence-electron chi connectivity index (χ0n) is 20.6. The summed E-state index contributed by atoms with van der Waals surface area (Å²) in [6.45, 7) is 3.34. The standard InChI is InChI=1S/C23H34N6O8/c1-3-11(2)19(23(36)37)29-22(35)16(10-18(26)32)28-21(34)15(8-12-4-6-13(30)7-5-12)27-20(33)14(24)9-17(25)31/h4-7,11,14-16,19,30H,3,8-10,24H2,1-2H3,(H2,25,31)(H2,26,32)(H,27,33)(H,28,34)(H,29,35)(H,36,37). The number of nitrogens with one attached hydrogen (secondary N) is 3. The number of primary amides is 2. The van der Waals surface area contributed by atoms with E-state index in [1.54, 1.807) is 13.8 Å². The zero-order valence-corrected chi connectivity index (χ0v) is 20.6. The van der Waals surface area contributed by atoms with Crippen LogP contribution in [0.2, 0.25) is 0 Å². The van der Waals surface area contributed by atoms with Gasteiger partial charge in [-0.2, -0.15) is 0 Å². The van der Waals surface area contributed by atoms with Gasteiger partial charge < -0.3 is 43.4 Å². The predicted molar refractivity (Wildman–Crippen MR) is 130 cm³/mol. The second kappa shape index (κ2) is 14.4. The summed E-state index contributed by atoms with van der Waals surface area (Å²) >= 11 is 0. The number of phenols is 1. The molecular formula is C23H34N6O8. The molecule has 11 N–H and O–H groups in total. The Morgan fingerprint density at radius 3 is 1.84 bits per heavy atom. The molecule has 14 heteroatoms. The number of rotatable bonds is 15. The third kappa shape index (κ3) is 10.5. The fraction of sp³-hybridized carbons (Fsp3) is 0.478. The molecular weight excluding hydrogens is 488 g/mol. The van der Waals surface area contributed by atoms with Crippen molar-refractivity contribution in [1.82, 2.24) is 16.0 Å². The second-order valence-corrected chi connectivity index (χ2v) is 8.65. The van der Waals surface area contributed by atoms with Crippen LogP contribution >= 0.6 is 0 Å². The lowest BCUT2D eigenvalue weighted by molar-refractivity contribution is -0.144. The van der Waals surface area contributed by atoms with Gasteiger partial charge in [0.1, 0.15) is 23.9 Å². The number of carbonyl (C=O) groups is 6. The van der Waals surface area contributed by atoms with E-state index in [4.69, 9.17) is 17.2 Å². The number of hydrogen-bond acceptors (Lipinski definition) is 8. The Kier molecular flexibility index (Phi) is 12.0. The first-order valence-electron chi connectivity index (χ1n) is 11.5. The van der Waals surface area contributed by atoms with Crippen molar-refractivity contribution < 1.29 is 39.0 Å².